The van der Waals surface area contributed by atoms with Crippen molar-refractivity contribution in [3.63, 3.8) is 0 Å². The molecule has 0 atom stereocenters. The summed E-state index contributed by atoms with van der Waals surface area (Å²) in [6.07, 6.45) is 0. The predicted octanol–water partition coefficient (Wildman–Crippen LogP) is 6.51. The molecule has 12 nitrogen and oxygen atoms in total. The standard InChI is InChI=1S/C30H27N5O.C8H4O6/c31-21-6-19-30(29(32)20-21)36-28-17-15-27(16-18-28)35-26-13-11-25(12-14-26)34-24-9-7-23(8-10-24)33-22-4-2-1-3-5-22;9-5-1-2(6(10)13-5)4-3(1)7(11)14-8(4)12/h1-20,33-35H,31-32H2;1-4H. The number of nitrogen functional groups attached to an aromatic ring is 2. The number of hydrogen-bond acceptors (Lipinski definition) is 12. The Kier molecular flexibility index (Phi) is 8.48. The Morgan fingerprint density at radius 1 is 0.460 bits per heavy atom. The first-order valence-electron chi connectivity index (χ1n) is 15.7. The van der Waals surface area contributed by atoms with Crippen LogP contribution in [0.15, 0.2) is 121 Å². The second-order valence-electron chi connectivity index (χ2n) is 11.9. The molecule has 0 spiro atoms. The van der Waals surface area contributed by atoms with Crippen molar-refractivity contribution in [1.82, 2.24) is 0 Å². The first-order chi connectivity index (χ1) is 24.2. The SMILES string of the molecule is Nc1ccc(Oc2ccc(Nc3ccc(Nc4ccc(Nc5ccccc5)cc4)cc3)cc2)c(N)c1.O=C1OC(=O)C2C1C1C(=O)OC(=O)C21. The van der Waals surface area contributed by atoms with Crippen molar-refractivity contribution in [2.75, 3.05) is 27.4 Å². The minimum Gasteiger partial charge on any atom is -0.455 e. The lowest BCUT2D eigenvalue weighted by Gasteiger charge is -2.33. The average Bonchev–Trinajstić information content (AvgIpc) is 3.47. The Hall–Kier alpha value is -6.82. The second kappa shape index (κ2) is 13.4. The topological polar surface area (TPSA) is 184 Å². The number of para-hydroxylation sites is 1. The van der Waals surface area contributed by atoms with Crippen LogP contribution in [0, 0.1) is 23.7 Å². The van der Waals surface area contributed by atoms with Crippen molar-refractivity contribution in [1.29, 1.82) is 0 Å². The summed E-state index contributed by atoms with van der Waals surface area (Å²) in [6, 6.07) is 39.4. The van der Waals surface area contributed by atoms with Crippen molar-refractivity contribution >= 4 is 69.4 Å². The van der Waals surface area contributed by atoms with E-state index in [1.807, 2.05) is 78.9 Å². The number of carbonyl (C=O) groups is 4. The maximum Gasteiger partial charge on any atom is 0.318 e. The van der Waals surface area contributed by atoms with Crippen LogP contribution in [0.3, 0.4) is 0 Å². The second-order valence-corrected chi connectivity index (χ2v) is 11.9. The number of anilines is 8. The Balaban J connectivity index is 0.000000231. The van der Waals surface area contributed by atoms with E-state index in [1.165, 1.54) is 0 Å². The van der Waals surface area contributed by atoms with Gasteiger partial charge in [-0.2, -0.15) is 0 Å². The van der Waals surface area contributed by atoms with Crippen LogP contribution in [0.5, 0.6) is 11.5 Å². The summed E-state index contributed by atoms with van der Waals surface area (Å²) in [4.78, 5) is 44.3. The fourth-order valence-electron chi connectivity index (χ4n) is 6.08. The van der Waals surface area contributed by atoms with Crippen LogP contribution in [0.4, 0.5) is 45.5 Å². The molecule has 1 aliphatic carbocycles. The highest BCUT2D eigenvalue weighted by molar-refractivity contribution is 6.10. The molecule has 3 aliphatic rings. The first kappa shape index (κ1) is 31.8. The van der Waals surface area contributed by atoms with Gasteiger partial charge in [0, 0.05) is 39.8 Å². The van der Waals surface area contributed by atoms with Gasteiger partial charge >= 0.3 is 23.9 Å². The van der Waals surface area contributed by atoms with Crippen molar-refractivity contribution in [3.05, 3.63) is 121 Å². The summed E-state index contributed by atoms with van der Waals surface area (Å²) in [5.41, 5.74) is 18.9. The van der Waals surface area contributed by atoms with E-state index in [2.05, 4.69) is 49.7 Å². The van der Waals surface area contributed by atoms with Crippen molar-refractivity contribution < 1.29 is 33.4 Å². The minimum atomic E-state index is -0.786. The molecule has 0 unspecified atom stereocenters. The molecule has 0 aromatic heterocycles. The van der Waals surface area contributed by atoms with Crippen molar-refractivity contribution in [2.24, 2.45) is 23.7 Å². The third kappa shape index (κ3) is 6.62. The number of rotatable bonds is 8. The van der Waals surface area contributed by atoms with Crippen LogP contribution >= 0.6 is 0 Å². The van der Waals surface area contributed by atoms with Gasteiger partial charge in [0.25, 0.3) is 0 Å². The van der Waals surface area contributed by atoms with Gasteiger partial charge in [-0.1, -0.05) is 18.2 Å². The molecule has 5 aromatic carbocycles. The molecule has 3 fully saturated rings. The number of hydrogen-bond donors (Lipinski definition) is 5. The number of benzene rings is 5. The van der Waals surface area contributed by atoms with Gasteiger partial charge in [-0.15, -0.1) is 0 Å². The minimum absolute atomic E-state index is 0.505. The predicted molar refractivity (Wildman–Crippen MR) is 187 cm³/mol. The van der Waals surface area contributed by atoms with Crippen LogP contribution < -0.4 is 32.2 Å². The maximum atomic E-state index is 11.1. The number of nitrogens with one attached hydrogen (secondary N) is 3. The number of carbonyl (C=O) groups excluding carboxylic acids is 4. The Morgan fingerprint density at radius 2 is 0.820 bits per heavy atom. The molecular formula is C38H31N5O7. The highest BCUT2D eigenvalue weighted by Crippen LogP contribution is 2.54. The summed E-state index contributed by atoms with van der Waals surface area (Å²) < 4.78 is 14.5. The zero-order chi connectivity index (χ0) is 34.8. The van der Waals surface area contributed by atoms with Gasteiger partial charge < -0.3 is 41.6 Å². The number of nitrogens with two attached hydrogens (primary N) is 2. The molecule has 12 heteroatoms. The highest BCUT2D eigenvalue weighted by Gasteiger charge is 2.72. The number of fused-ring (bicyclic) bond motifs is 4. The molecule has 0 amide bonds. The van der Waals surface area contributed by atoms with Gasteiger partial charge in [-0.3, -0.25) is 19.2 Å². The summed E-state index contributed by atoms with van der Waals surface area (Å²) in [6.45, 7) is 0. The third-order valence-corrected chi connectivity index (χ3v) is 8.56. The maximum absolute atomic E-state index is 11.1. The van der Waals surface area contributed by atoms with E-state index in [1.54, 1.807) is 18.2 Å². The lowest BCUT2D eigenvalue weighted by Crippen LogP contribution is -2.50. The number of esters is 4. The van der Waals surface area contributed by atoms with Gasteiger partial charge in [0.2, 0.25) is 0 Å². The van der Waals surface area contributed by atoms with Crippen molar-refractivity contribution in [2.45, 2.75) is 0 Å². The molecule has 1 saturated carbocycles. The molecule has 0 bridgehead atoms. The molecule has 250 valence electrons. The quantitative estimate of drug-likeness (QED) is 0.0687. The molecule has 2 heterocycles. The average molecular weight is 670 g/mol. The molecule has 8 rings (SSSR count). The van der Waals surface area contributed by atoms with Gasteiger partial charge in [0.15, 0.2) is 0 Å². The number of cyclic esters (lactones) is 4. The summed E-state index contributed by atoms with van der Waals surface area (Å²) in [7, 11) is 0. The Labute approximate surface area is 286 Å². The van der Waals surface area contributed by atoms with Crippen LogP contribution in [0.1, 0.15) is 0 Å². The molecular weight excluding hydrogens is 638 g/mol. The third-order valence-electron chi connectivity index (χ3n) is 8.56. The lowest BCUT2D eigenvalue weighted by molar-refractivity contribution is -0.158. The molecule has 0 radical (unpaired) electrons. The van der Waals surface area contributed by atoms with Crippen LogP contribution in [0.25, 0.3) is 0 Å². The summed E-state index contributed by atoms with van der Waals surface area (Å²) >= 11 is 0. The summed E-state index contributed by atoms with van der Waals surface area (Å²) in [5.74, 6) is -4.73. The largest absolute Gasteiger partial charge is 0.455 e. The molecule has 2 aliphatic heterocycles. The fourth-order valence-corrected chi connectivity index (χ4v) is 6.08. The van der Waals surface area contributed by atoms with Gasteiger partial charge in [-0.05, 0) is 103 Å². The van der Waals surface area contributed by atoms with Crippen LogP contribution in [-0.4, -0.2) is 23.9 Å². The van der Waals surface area contributed by atoms with Gasteiger partial charge in [-0.25, -0.2) is 0 Å². The van der Waals surface area contributed by atoms with Crippen molar-refractivity contribution in [3.8, 4) is 11.5 Å². The Morgan fingerprint density at radius 3 is 1.20 bits per heavy atom. The summed E-state index contributed by atoms with van der Waals surface area (Å²) in [5, 5.41) is 10.2. The molecule has 5 aromatic rings. The fraction of sp³-hybridized carbons (Fsp3) is 0.105. The molecule has 2 saturated heterocycles. The van der Waals surface area contributed by atoms with E-state index in [0.29, 0.717) is 22.9 Å². The zero-order valence-corrected chi connectivity index (χ0v) is 26.4. The molecule has 7 N–H and O–H groups in total. The van der Waals surface area contributed by atoms with E-state index in [9.17, 15) is 19.2 Å². The van der Waals surface area contributed by atoms with Crippen LogP contribution in [-0.2, 0) is 28.7 Å². The van der Waals surface area contributed by atoms with E-state index in [0.717, 1.165) is 34.1 Å². The van der Waals surface area contributed by atoms with Crippen LogP contribution in [0.2, 0.25) is 0 Å². The van der Waals surface area contributed by atoms with E-state index in [4.69, 9.17) is 16.2 Å². The van der Waals surface area contributed by atoms with E-state index >= 15 is 0 Å². The smallest absolute Gasteiger partial charge is 0.318 e. The molecule has 50 heavy (non-hydrogen) atoms. The monoisotopic (exact) mass is 669 g/mol. The van der Waals surface area contributed by atoms with Gasteiger partial charge in [0.1, 0.15) is 11.5 Å². The zero-order valence-electron chi connectivity index (χ0n) is 26.4. The highest BCUT2D eigenvalue weighted by atomic mass is 16.6. The Bertz CT molecular complexity index is 1990. The van der Waals surface area contributed by atoms with E-state index in [-0.39, 0.29) is 0 Å². The lowest BCUT2D eigenvalue weighted by atomic mass is 9.59. The van der Waals surface area contributed by atoms with E-state index < -0.39 is 47.5 Å². The normalized spacial score (nSPS) is 19.8. The first-order valence-corrected chi connectivity index (χ1v) is 15.7. The number of ether oxygens (including phenoxy) is 3. The van der Waals surface area contributed by atoms with Gasteiger partial charge in [0.05, 0.1) is 29.4 Å².